The second kappa shape index (κ2) is 22.6. The molecule has 2 fully saturated rings. The largest absolute Gasteiger partial charge is 0.478 e. The Hall–Kier alpha value is -3.91. The average Bonchev–Trinajstić information content (AvgIpc) is 3.36. The number of likely N-dealkylation sites (tertiary alicyclic amines) is 1. The maximum Gasteiger partial charge on any atom is 0.410 e. The molecule has 0 unspecified atom stereocenters. The lowest BCUT2D eigenvalue weighted by atomic mass is 9.90. The van der Waals surface area contributed by atoms with Gasteiger partial charge >= 0.3 is 12.1 Å². The monoisotopic (exact) mass is 625 g/mol. The molecule has 250 valence electrons. The summed E-state index contributed by atoms with van der Waals surface area (Å²) in [5.74, 6) is -0.845. The Labute approximate surface area is 271 Å². The van der Waals surface area contributed by atoms with Crippen molar-refractivity contribution in [2.45, 2.75) is 66.0 Å². The molecule has 0 saturated carbocycles. The maximum absolute atomic E-state index is 12.1. The number of benzene rings is 1. The molecule has 2 heterocycles. The van der Waals surface area contributed by atoms with Crippen molar-refractivity contribution >= 4 is 12.1 Å². The number of carbonyl (C=O) groups is 2. The first-order chi connectivity index (χ1) is 21.4. The fraction of sp³-hybridized carbons (Fsp3) is 0.459. The zero-order chi connectivity index (χ0) is 34.4. The number of piperidine rings is 1. The van der Waals surface area contributed by atoms with Crippen LogP contribution in [0.2, 0.25) is 0 Å². The summed E-state index contributed by atoms with van der Waals surface area (Å²) in [5, 5.41) is 8.11. The Balaban J connectivity index is 0.00000106. The standard InChI is InChI=1S/C25H39N3O2.C6H6.C5H8O2.CH3F/c1-8-13-27(20(4)5)18-23(22(7)21(6)10-3)17-26-15-11-25(12-16-26)19-28(14-9-2)24(29)30-25;1-2-4-6-5-3-1;1-3-4(2)5(6)7;1-2/h8-10,18,20H,1-2,7,11-17,19H2,3-6H3;1-6H;3H,1-2H3,(H,6,7);1H3/b21-10-,23-18-;;4-3+;. The van der Waals surface area contributed by atoms with E-state index in [1.54, 1.807) is 30.9 Å². The van der Waals surface area contributed by atoms with Crippen LogP contribution in [0.3, 0.4) is 0 Å². The van der Waals surface area contributed by atoms with Gasteiger partial charge in [0.1, 0.15) is 5.60 Å². The minimum Gasteiger partial charge on any atom is -0.478 e. The first-order valence-electron chi connectivity index (χ1n) is 15.4. The number of hydrogen-bond donors (Lipinski definition) is 1. The molecular weight excluding hydrogens is 569 g/mol. The summed E-state index contributed by atoms with van der Waals surface area (Å²) in [5.41, 5.74) is 3.55. The van der Waals surface area contributed by atoms with Crippen LogP contribution in [-0.4, -0.2) is 90.0 Å². The van der Waals surface area contributed by atoms with Gasteiger partial charge in [0, 0.05) is 63.4 Å². The van der Waals surface area contributed by atoms with E-state index in [1.165, 1.54) is 11.1 Å². The van der Waals surface area contributed by atoms with Gasteiger partial charge in [0.25, 0.3) is 0 Å². The van der Waals surface area contributed by atoms with Crippen molar-refractivity contribution in [3.63, 3.8) is 0 Å². The third kappa shape index (κ3) is 15.1. The highest BCUT2D eigenvalue weighted by molar-refractivity contribution is 5.85. The summed E-state index contributed by atoms with van der Waals surface area (Å²) in [7, 11) is 0.500. The van der Waals surface area contributed by atoms with Crippen molar-refractivity contribution in [1.82, 2.24) is 14.7 Å². The van der Waals surface area contributed by atoms with E-state index >= 15 is 0 Å². The molecule has 7 nitrogen and oxygen atoms in total. The molecule has 0 radical (unpaired) electrons. The third-order valence-electron chi connectivity index (χ3n) is 7.61. The van der Waals surface area contributed by atoms with E-state index in [0.717, 1.165) is 44.6 Å². The number of aliphatic carboxylic acids is 1. The quantitative estimate of drug-likeness (QED) is 0.152. The van der Waals surface area contributed by atoms with Crippen molar-refractivity contribution in [2.24, 2.45) is 0 Å². The van der Waals surface area contributed by atoms with Crippen molar-refractivity contribution in [2.75, 3.05) is 46.4 Å². The zero-order valence-electron chi connectivity index (χ0n) is 28.6. The highest BCUT2D eigenvalue weighted by Crippen LogP contribution is 2.34. The molecular formula is C37H56FN3O4. The second-order valence-electron chi connectivity index (χ2n) is 11.1. The van der Waals surface area contributed by atoms with Crippen molar-refractivity contribution < 1.29 is 23.8 Å². The minimum absolute atomic E-state index is 0.210. The number of nitrogens with zero attached hydrogens (tertiary/aromatic N) is 3. The lowest BCUT2D eigenvalue weighted by molar-refractivity contribution is -0.132. The summed E-state index contributed by atoms with van der Waals surface area (Å²) >= 11 is 0. The van der Waals surface area contributed by atoms with E-state index in [2.05, 4.69) is 69.5 Å². The fourth-order valence-electron chi connectivity index (χ4n) is 4.52. The highest BCUT2D eigenvalue weighted by atomic mass is 19.1. The van der Waals surface area contributed by atoms with Crippen LogP contribution in [-0.2, 0) is 9.53 Å². The second-order valence-corrected chi connectivity index (χ2v) is 11.1. The van der Waals surface area contributed by atoms with Crippen molar-refractivity contribution in [3.8, 4) is 0 Å². The molecule has 2 aliphatic rings. The van der Waals surface area contributed by atoms with Gasteiger partial charge in [-0.2, -0.15) is 0 Å². The predicted octanol–water partition coefficient (Wildman–Crippen LogP) is 8.07. The molecule has 2 aliphatic heterocycles. The SMILES string of the molecule is C/C=C(\C)C(=O)O.C=CCN1CC2(CCN(C/C(=C/N(CC=C)C(C)C)C(=C)/C(C)=C\C)CC2)OC1=O.CF.c1ccccc1. The number of halogens is 1. The Bertz CT molecular complexity index is 1120. The van der Waals surface area contributed by atoms with Crippen LogP contribution < -0.4 is 0 Å². The van der Waals surface area contributed by atoms with Gasteiger partial charge in [-0.1, -0.05) is 67.3 Å². The van der Waals surface area contributed by atoms with Crippen LogP contribution in [0.5, 0.6) is 0 Å². The highest BCUT2D eigenvalue weighted by Gasteiger charge is 2.46. The predicted molar refractivity (Wildman–Crippen MR) is 186 cm³/mol. The van der Waals surface area contributed by atoms with Crippen LogP contribution in [0.25, 0.3) is 0 Å². The average molecular weight is 626 g/mol. The van der Waals surface area contributed by atoms with E-state index < -0.39 is 5.97 Å². The normalized spacial score (nSPS) is 16.2. The number of amides is 1. The minimum atomic E-state index is -0.845. The summed E-state index contributed by atoms with van der Waals surface area (Å²) in [6, 6.07) is 12.4. The molecule has 2 saturated heterocycles. The van der Waals surface area contributed by atoms with Crippen LogP contribution in [0.15, 0.2) is 109 Å². The molecule has 1 aromatic carbocycles. The molecule has 0 atom stereocenters. The van der Waals surface area contributed by atoms with Crippen LogP contribution in [0, 0.1) is 0 Å². The number of ether oxygens (including phenoxy) is 1. The van der Waals surface area contributed by atoms with Gasteiger partial charge < -0.3 is 19.6 Å². The number of hydrogen-bond acceptors (Lipinski definition) is 5. The number of rotatable bonds is 11. The van der Waals surface area contributed by atoms with E-state index in [9.17, 15) is 14.0 Å². The lowest BCUT2D eigenvalue weighted by Gasteiger charge is -2.38. The number of carboxylic acid groups (broad SMARTS) is 1. The van der Waals surface area contributed by atoms with Gasteiger partial charge in [0.15, 0.2) is 0 Å². The van der Waals surface area contributed by atoms with Gasteiger partial charge in [0.05, 0.1) is 13.7 Å². The molecule has 0 bridgehead atoms. The molecule has 0 aliphatic carbocycles. The summed E-state index contributed by atoms with van der Waals surface area (Å²) in [4.78, 5) is 28.5. The molecule has 1 aromatic rings. The van der Waals surface area contributed by atoms with E-state index in [4.69, 9.17) is 9.84 Å². The molecule has 3 rings (SSSR count). The first kappa shape index (κ1) is 41.1. The number of carbonyl (C=O) groups excluding carboxylic acids is 1. The molecule has 8 heteroatoms. The summed E-state index contributed by atoms with van der Waals surface area (Å²) in [6.45, 7) is 28.5. The topological polar surface area (TPSA) is 73.3 Å². The van der Waals surface area contributed by atoms with Gasteiger partial charge in [-0.25, -0.2) is 9.59 Å². The molecule has 45 heavy (non-hydrogen) atoms. The van der Waals surface area contributed by atoms with Gasteiger partial charge in [0.2, 0.25) is 0 Å². The van der Waals surface area contributed by atoms with Crippen molar-refractivity contribution in [1.29, 1.82) is 0 Å². The fourth-order valence-corrected chi connectivity index (χ4v) is 4.52. The Kier molecular flexibility index (Phi) is 20.6. The van der Waals surface area contributed by atoms with Crippen LogP contribution in [0.1, 0.15) is 54.4 Å². The smallest absolute Gasteiger partial charge is 0.410 e. The molecule has 1 amide bonds. The number of allylic oxidation sites excluding steroid dienone is 3. The molecule has 1 N–H and O–H groups in total. The van der Waals surface area contributed by atoms with Gasteiger partial charge in [-0.05, 0) is 58.3 Å². The van der Waals surface area contributed by atoms with E-state index in [1.807, 2.05) is 42.5 Å². The Morgan fingerprint density at radius 1 is 1.02 bits per heavy atom. The van der Waals surface area contributed by atoms with E-state index in [0.29, 0.717) is 31.9 Å². The first-order valence-corrected chi connectivity index (χ1v) is 15.4. The van der Waals surface area contributed by atoms with Crippen LogP contribution in [0.4, 0.5) is 9.18 Å². The lowest BCUT2D eigenvalue weighted by Crippen LogP contribution is -2.47. The van der Waals surface area contributed by atoms with Crippen LogP contribution >= 0.6 is 0 Å². The number of alkyl halides is 1. The Morgan fingerprint density at radius 2 is 1.53 bits per heavy atom. The Morgan fingerprint density at radius 3 is 1.91 bits per heavy atom. The van der Waals surface area contributed by atoms with E-state index in [-0.39, 0.29) is 11.7 Å². The maximum atomic E-state index is 12.1. The summed E-state index contributed by atoms with van der Waals surface area (Å²) < 4.78 is 15.3. The molecule has 0 aromatic heterocycles. The van der Waals surface area contributed by atoms with Crippen molar-refractivity contribution in [3.05, 3.63) is 109 Å². The third-order valence-corrected chi connectivity index (χ3v) is 7.61. The zero-order valence-corrected chi connectivity index (χ0v) is 28.6. The summed E-state index contributed by atoms with van der Waals surface area (Å²) in [6.07, 6.45) is 11.1. The number of carboxylic acids is 1. The molecule has 1 spiro atoms. The van der Waals surface area contributed by atoms with Gasteiger partial charge in [-0.3, -0.25) is 9.29 Å². The van der Waals surface area contributed by atoms with Gasteiger partial charge in [-0.15, -0.1) is 13.2 Å².